The van der Waals surface area contributed by atoms with Gasteiger partial charge in [0.25, 0.3) is 16.6 Å². The number of hydrogen-bond acceptors (Lipinski definition) is 5. The summed E-state index contributed by atoms with van der Waals surface area (Å²) in [5.74, 6) is -0.394. The van der Waals surface area contributed by atoms with Crippen molar-refractivity contribution in [1.29, 1.82) is 0 Å². The molecule has 5 aromatic carbocycles. The fourth-order valence-corrected chi connectivity index (χ4v) is 17.2. The Hall–Kier alpha value is -4.64. The van der Waals surface area contributed by atoms with Crippen LogP contribution in [0.3, 0.4) is 0 Å². The van der Waals surface area contributed by atoms with Crippen LogP contribution in [0.2, 0.25) is 10.1 Å². The fourth-order valence-electron chi connectivity index (χ4n) is 7.94. The minimum absolute atomic E-state index is 0.254. The molecule has 0 unspecified atom stereocenters. The highest BCUT2D eigenvalue weighted by atomic mass is 28.4. The predicted molar refractivity (Wildman–Crippen MR) is 245 cm³/mol. The lowest BCUT2D eigenvalue weighted by molar-refractivity contribution is -0.137. The third-order valence-electron chi connectivity index (χ3n) is 10.6. The number of hydrogen-bond donors (Lipinski definition) is 0. The number of rotatable bonds is 19. The lowest BCUT2D eigenvalue weighted by Gasteiger charge is -2.47. The van der Waals surface area contributed by atoms with Gasteiger partial charge in [-0.15, -0.1) is 0 Å². The second-order valence-electron chi connectivity index (χ2n) is 16.7. The van der Waals surface area contributed by atoms with E-state index in [9.17, 15) is 4.79 Å². The molecule has 7 heteroatoms. The average Bonchev–Trinajstić information content (AvgIpc) is 3.22. The van der Waals surface area contributed by atoms with E-state index in [0.717, 1.165) is 5.56 Å². The highest BCUT2D eigenvalue weighted by Gasteiger charge is 2.53. The first kappa shape index (κ1) is 44.5. The zero-order chi connectivity index (χ0) is 41.5. The minimum atomic E-state index is -3.07. The second kappa shape index (κ2) is 20.9. The van der Waals surface area contributed by atoms with Crippen LogP contribution in [0, 0.1) is 0 Å². The Morgan fingerprint density at radius 2 is 0.948 bits per heavy atom. The van der Waals surface area contributed by atoms with Gasteiger partial charge in [-0.3, -0.25) is 0 Å². The van der Waals surface area contributed by atoms with E-state index in [1.54, 1.807) is 0 Å². The summed E-state index contributed by atoms with van der Waals surface area (Å²) in [6.45, 7) is 17.0. The predicted octanol–water partition coefficient (Wildman–Crippen LogP) is 9.55. The highest BCUT2D eigenvalue weighted by molar-refractivity contribution is 7.00. The lowest BCUT2D eigenvalue weighted by Crippen LogP contribution is -2.68. The van der Waals surface area contributed by atoms with Gasteiger partial charge in [0.1, 0.15) is 0 Å². The molecule has 0 N–H and O–H groups in total. The summed E-state index contributed by atoms with van der Waals surface area (Å²) in [5.41, 5.74) is 1.15. The van der Waals surface area contributed by atoms with Gasteiger partial charge in [-0.1, -0.05) is 205 Å². The van der Waals surface area contributed by atoms with E-state index in [1.165, 1.54) is 26.8 Å². The number of carbonyl (C=O) groups excluding carboxylic acids is 1. The standard InChI is InChI=1S/C51H62O5Si2/c1-8-54-49(52)38-37-44(56-58(51(5,6)7,47-33-20-12-21-34-47)48-35-22-13-23-36-48)40-43(28-24-25-39-53-41-42-26-14-9-15-27-42)55-57(50(2,3)4,45-29-16-10-17-30-45)46-31-18-11-19-32-46/h9-24,26-38,43-44H,8,25,39-41H2,1-7H3/b28-24-,38-37+/t43-,44+/m1/s1. The van der Waals surface area contributed by atoms with Gasteiger partial charge in [-0.05, 0) is 55.8 Å². The van der Waals surface area contributed by atoms with Crippen molar-refractivity contribution in [1.82, 2.24) is 0 Å². The van der Waals surface area contributed by atoms with E-state index >= 15 is 0 Å². The van der Waals surface area contributed by atoms with Crippen molar-refractivity contribution in [2.75, 3.05) is 13.2 Å². The van der Waals surface area contributed by atoms with Crippen LogP contribution in [0.25, 0.3) is 0 Å². The summed E-state index contributed by atoms with van der Waals surface area (Å²) in [4.78, 5) is 13.0. The highest BCUT2D eigenvalue weighted by Crippen LogP contribution is 2.40. The molecule has 58 heavy (non-hydrogen) atoms. The Kier molecular flexibility index (Phi) is 16.0. The molecule has 0 saturated heterocycles. The summed E-state index contributed by atoms with van der Waals surface area (Å²) in [7, 11) is -6.09. The normalized spacial score (nSPS) is 13.8. The summed E-state index contributed by atoms with van der Waals surface area (Å²) in [5, 5.41) is 4.19. The molecule has 0 amide bonds. The number of esters is 1. The minimum Gasteiger partial charge on any atom is -0.463 e. The number of benzene rings is 5. The van der Waals surface area contributed by atoms with Crippen LogP contribution in [0.5, 0.6) is 0 Å². The molecule has 0 aromatic heterocycles. The molecule has 0 saturated carbocycles. The molecule has 0 aliphatic rings. The SMILES string of the molecule is CCOC(=O)/C=C/[C@@H](C[C@@H](/C=C\CCOCc1ccccc1)O[Si](c1ccccc1)(c1ccccc1)C(C)(C)C)O[Si](c1ccccc1)(c1ccccc1)C(C)(C)C. The molecule has 0 aliphatic carbocycles. The van der Waals surface area contributed by atoms with Crippen molar-refractivity contribution < 1.29 is 23.1 Å². The molecule has 0 heterocycles. The van der Waals surface area contributed by atoms with Crippen molar-refractivity contribution in [2.24, 2.45) is 0 Å². The molecule has 5 nitrogen and oxygen atoms in total. The molecule has 0 aliphatic heterocycles. The molecule has 2 atom stereocenters. The van der Waals surface area contributed by atoms with Crippen LogP contribution < -0.4 is 20.7 Å². The summed E-state index contributed by atoms with van der Waals surface area (Å²) in [6.07, 6.45) is 8.09. The molecule has 304 valence electrons. The Bertz CT molecular complexity index is 1930. The van der Waals surface area contributed by atoms with Crippen molar-refractivity contribution in [3.63, 3.8) is 0 Å². The zero-order valence-electron chi connectivity index (χ0n) is 35.5. The average molecular weight is 811 g/mol. The first-order valence-corrected chi connectivity index (χ1v) is 24.4. The largest absolute Gasteiger partial charge is 0.463 e. The molecule has 0 spiro atoms. The Morgan fingerprint density at radius 1 is 0.569 bits per heavy atom. The van der Waals surface area contributed by atoms with Crippen LogP contribution in [0.1, 0.15) is 66.9 Å². The van der Waals surface area contributed by atoms with E-state index in [-0.39, 0.29) is 16.7 Å². The fraction of sp³-hybridized carbons (Fsp3) is 0.314. The van der Waals surface area contributed by atoms with Crippen LogP contribution in [0.15, 0.2) is 176 Å². The molecular weight excluding hydrogens is 749 g/mol. The zero-order valence-corrected chi connectivity index (χ0v) is 37.5. The van der Waals surface area contributed by atoms with Crippen molar-refractivity contribution >= 4 is 43.4 Å². The summed E-state index contributed by atoms with van der Waals surface area (Å²) < 4.78 is 27.1. The third-order valence-corrected chi connectivity index (χ3v) is 20.7. The van der Waals surface area contributed by atoms with Crippen LogP contribution in [-0.2, 0) is 29.7 Å². The molecule has 0 bridgehead atoms. The lowest BCUT2D eigenvalue weighted by atomic mass is 10.1. The molecular formula is C51H62O5Si2. The van der Waals surface area contributed by atoms with Gasteiger partial charge in [0.2, 0.25) is 0 Å². The van der Waals surface area contributed by atoms with Gasteiger partial charge in [-0.2, -0.15) is 0 Å². The van der Waals surface area contributed by atoms with E-state index in [1.807, 2.05) is 31.2 Å². The maximum absolute atomic E-state index is 13.0. The first-order chi connectivity index (χ1) is 27.9. The summed E-state index contributed by atoms with van der Waals surface area (Å²) >= 11 is 0. The van der Waals surface area contributed by atoms with Gasteiger partial charge < -0.3 is 18.3 Å². The van der Waals surface area contributed by atoms with E-state index in [2.05, 4.69) is 187 Å². The quantitative estimate of drug-likeness (QED) is 0.0274. The second-order valence-corrected chi connectivity index (χ2v) is 25.2. The van der Waals surface area contributed by atoms with Crippen LogP contribution in [-0.4, -0.2) is 48.0 Å². The van der Waals surface area contributed by atoms with Crippen molar-refractivity contribution in [3.8, 4) is 0 Å². The van der Waals surface area contributed by atoms with E-state index < -0.39 is 34.8 Å². The molecule has 5 rings (SSSR count). The molecule has 0 fully saturated rings. The first-order valence-electron chi connectivity index (χ1n) is 20.6. The number of ether oxygens (including phenoxy) is 2. The molecule has 0 radical (unpaired) electrons. The van der Waals surface area contributed by atoms with Gasteiger partial charge in [0.15, 0.2) is 0 Å². The maximum Gasteiger partial charge on any atom is 0.330 e. The number of carbonyl (C=O) groups is 1. The van der Waals surface area contributed by atoms with Crippen molar-refractivity contribution in [3.05, 3.63) is 182 Å². The summed E-state index contributed by atoms with van der Waals surface area (Å²) in [6, 6.07) is 53.0. The maximum atomic E-state index is 13.0. The van der Waals surface area contributed by atoms with Crippen molar-refractivity contribution in [2.45, 2.75) is 90.2 Å². The van der Waals surface area contributed by atoms with Gasteiger partial charge in [0, 0.05) is 12.5 Å². The third kappa shape index (κ3) is 11.1. The van der Waals surface area contributed by atoms with Gasteiger partial charge in [0.05, 0.1) is 32.0 Å². The van der Waals surface area contributed by atoms with E-state index in [0.29, 0.717) is 26.1 Å². The monoisotopic (exact) mass is 810 g/mol. The smallest absolute Gasteiger partial charge is 0.330 e. The Labute approximate surface area is 350 Å². The molecule has 5 aromatic rings. The van der Waals surface area contributed by atoms with Crippen LogP contribution in [0.4, 0.5) is 0 Å². The topological polar surface area (TPSA) is 54.0 Å². The Balaban J connectivity index is 1.63. The van der Waals surface area contributed by atoms with Gasteiger partial charge >= 0.3 is 5.97 Å². The van der Waals surface area contributed by atoms with Crippen LogP contribution >= 0.6 is 0 Å². The van der Waals surface area contributed by atoms with Gasteiger partial charge in [-0.25, -0.2) is 4.79 Å². The van der Waals surface area contributed by atoms with E-state index in [4.69, 9.17) is 18.3 Å². The Morgan fingerprint density at radius 3 is 1.33 bits per heavy atom.